The summed E-state index contributed by atoms with van der Waals surface area (Å²) < 4.78 is 0. The maximum Gasteiger partial charge on any atom is 0.0417 e. The molecule has 0 unspecified atom stereocenters. The van der Waals surface area contributed by atoms with E-state index in [4.69, 9.17) is 0 Å². The zero-order valence-corrected chi connectivity index (χ0v) is 7.53. The Morgan fingerprint density at radius 2 is 2.55 bits per heavy atom. The third-order valence-corrected chi connectivity index (χ3v) is 3.22. The first-order valence-electron chi connectivity index (χ1n) is 4.13. The molecule has 0 amide bonds. The summed E-state index contributed by atoms with van der Waals surface area (Å²) in [6.07, 6.45) is 1.31. The molecule has 0 saturated carbocycles. The van der Waals surface area contributed by atoms with Crippen LogP contribution in [0.15, 0.2) is 17.5 Å². The van der Waals surface area contributed by atoms with E-state index in [2.05, 4.69) is 29.8 Å². The van der Waals surface area contributed by atoms with Gasteiger partial charge >= 0.3 is 0 Å². The molecule has 1 aromatic rings. The maximum atomic E-state index is 3.52. The van der Waals surface area contributed by atoms with Crippen molar-refractivity contribution < 1.29 is 0 Å². The molecule has 1 N–H and O–H groups in total. The highest BCUT2D eigenvalue weighted by Gasteiger charge is 2.21. The number of hydrogen-bond donors (Lipinski definition) is 1. The van der Waals surface area contributed by atoms with Crippen LogP contribution in [0.2, 0.25) is 0 Å². The van der Waals surface area contributed by atoms with Crippen LogP contribution in [0.4, 0.5) is 0 Å². The Bertz CT molecular complexity index is 217. The number of rotatable bonds is 1. The summed E-state index contributed by atoms with van der Waals surface area (Å²) >= 11 is 1.86. The largest absolute Gasteiger partial charge is 0.309 e. The van der Waals surface area contributed by atoms with Crippen molar-refractivity contribution in [2.45, 2.75) is 19.4 Å². The van der Waals surface area contributed by atoms with Gasteiger partial charge in [0.2, 0.25) is 0 Å². The standard InChI is InChI=1S/C9H13NS/c1-7-5-8(10-6-7)9-3-2-4-11-9/h2-4,7-8,10H,5-6H2,1H3/t7-,8-/m1/s1. The number of hydrogen-bond acceptors (Lipinski definition) is 2. The summed E-state index contributed by atoms with van der Waals surface area (Å²) in [4.78, 5) is 1.49. The molecule has 0 aliphatic carbocycles. The van der Waals surface area contributed by atoms with E-state index in [9.17, 15) is 0 Å². The Labute approximate surface area is 71.4 Å². The molecule has 1 nitrogen and oxygen atoms in total. The van der Waals surface area contributed by atoms with E-state index in [1.807, 2.05) is 11.3 Å². The van der Waals surface area contributed by atoms with Crippen molar-refractivity contribution in [3.05, 3.63) is 22.4 Å². The van der Waals surface area contributed by atoms with Gasteiger partial charge < -0.3 is 5.32 Å². The average Bonchev–Trinajstić information content (AvgIpc) is 2.55. The summed E-state index contributed by atoms with van der Waals surface area (Å²) in [7, 11) is 0. The van der Waals surface area contributed by atoms with Crippen molar-refractivity contribution in [3.8, 4) is 0 Å². The van der Waals surface area contributed by atoms with Crippen LogP contribution in [-0.4, -0.2) is 6.54 Å². The lowest BCUT2D eigenvalue weighted by molar-refractivity contribution is 0.618. The fraction of sp³-hybridized carbons (Fsp3) is 0.556. The van der Waals surface area contributed by atoms with E-state index < -0.39 is 0 Å². The van der Waals surface area contributed by atoms with E-state index in [1.165, 1.54) is 17.8 Å². The smallest absolute Gasteiger partial charge is 0.0417 e. The molecule has 2 heteroatoms. The van der Waals surface area contributed by atoms with Crippen molar-refractivity contribution in [2.24, 2.45) is 5.92 Å². The zero-order chi connectivity index (χ0) is 7.68. The lowest BCUT2D eigenvalue weighted by atomic mass is 10.1. The highest BCUT2D eigenvalue weighted by atomic mass is 32.1. The van der Waals surface area contributed by atoms with Gasteiger partial charge in [0.25, 0.3) is 0 Å². The monoisotopic (exact) mass is 167 g/mol. The van der Waals surface area contributed by atoms with E-state index in [0.29, 0.717) is 6.04 Å². The average molecular weight is 167 g/mol. The molecular weight excluding hydrogens is 154 g/mol. The van der Waals surface area contributed by atoms with Gasteiger partial charge in [-0.2, -0.15) is 0 Å². The molecule has 0 bridgehead atoms. The molecule has 0 radical (unpaired) electrons. The molecule has 2 atom stereocenters. The Balaban J connectivity index is 2.08. The van der Waals surface area contributed by atoms with Gasteiger partial charge in [-0.05, 0) is 30.3 Å². The van der Waals surface area contributed by atoms with Crippen LogP contribution < -0.4 is 5.32 Å². The Kier molecular flexibility index (Phi) is 1.96. The lowest BCUT2D eigenvalue weighted by Crippen LogP contribution is -2.11. The van der Waals surface area contributed by atoms with Crippen molar-refractivity contribution in [2.75, 3.05) is 6.54 Å². The predicted molar refractivity (Wildman–Crippen MR) is 48.8 cm³/mol. The van der Waals surface area contributed by atoms with Gasteiger partial charge in [-0.15, -0.1) is 11.3 Å². The van der Waals surface area contributed by atoms with E-state index >= 15 is 0 Å². The molecule has 1 aliphatic heterocycles. The second kappa shape index (κ2) is 2.95. The molecule has 0 spiro atoms. The van der Waals surface area contributed by atoms with E-state index in [1.54, 1.807) is 0 Å². The van der Waals surface area contributed by atoms with Gasteiger partial charge in [-0.25, -0.2) is 0 Å². The fourth-order valence-electron chi connectivity index (χ4n) is 1.62. The van der Waals surface area contributed by atoms with Gasteiger partial charge in [0, 0.05) is 10.9 Å². The molecule has 1 aromatic heterocycles. The minimum atomic E-state index is 0.644. The second-order valence-corrected chi connectivity index (χ2v) is 4.30. The molecule has 1 aliphatic rings. The zero-order valence-electron chi connectivity index (χ0n) is 6.71. The first kappa shape index (κ1) is 7.32. The third-order valence-electron chi connectivity index (χ3n) is 2.24. The van der Waals surface area contributed by atoms with Gasteiger partial charge in [-0.1, -0.05) is 13.0 Å². The van der Waals surface area contributed by atoms with Crippen molar-refractivity contribution in [1.82, 2.24) is 5.32 Å². The van der Waals surface area contributed by atoms with Gasteiger partial charge in [0.15, 0.2) is 0 Å². The molecule has 0 aromatic carbocycles. The topological polar surface area (TPSA) is 12.0 Å². The van der Waals surface area contributed by atoms with Gasteiger partial charge in [0.1, 0.15) is 0 Å². The molecule has 1 fully saturated rings. The highest BCUT2D eigenvalue weighted by Crippen LogP contribution is 2.29. The predicted octanol–water partition coefficient (Wildman–Crippen LogP) is 2.42. The number of thiophene rings is 1. The molecular formula is C9H13NS. The minimum Gasteiger partial charge on any atom is -0.309 e. The van der Waals surface area contributed by atoms with Crippen LogP contribution in [0.3, 0.4) is 0 Å². The minimum absolute atomic E-state index is 0.644. The molecule has 11 heavy (non-hydrogen) atoms. The van der Waals surface area contributed by atoms with Crippen LogP contribution in [0, 0.1) is 5.92 Å². The first-order chi connectivity index (χ1) is 5.36. The molecule has 2 rings (SSSR count). The van der Waals surface area contributed by atoms with Crippen LogP contribution in [0.5, 0.6) is 0 Å². The normalized spacial score (nSPS) is 31.0. The van der Waals surface area contributed by atoms with E-state index in [-0.39, 0.29) is 0 Å². The van der Waals surface area contributed by atoms with E-state index in [0.717, 1.165) is 5.92 Å². The fourth-order valence-corrected chi connectivity index (χ4v) is 2.43. The van der Waals surface area contributed by atoms with Crippen LogP contribution in [0.25, 0.3) is 0 Å². The van der Waals surface area contributed by atoms with Gasteiger partial charge in [-0.3, -0.25) is 0 Å². The van der Waals surface area contributed by atoms with Crippen molar-refractivity contribution >= 4 is 11.3 Å². The maximum absolute atomic E-state index is 3.52. The number of nitrogens with one attached hydrogen (secondary N) is 1. The van der Waals surface area contributed by atoms with Gasteiger partial charge in [0.05, 0.1) is 0 Å². The van der Waals surface area contributed by atoms with Crippen molar-refractivity contribution in [3.63, 3.8) is 0 Å². The SMILES string of the molecule is C[C@H]1CN[C@@H](c2cccs2)C1. The summed E-state index contributed by atoms with van der Waals surface area (Å²) in [6.45, 7) is 3.49. The molecule has 60 valence electrons. The van der Waals surface area contributed by atoms with Crippen LogP contribution >= 0.6 is 11.3 Å². The third kappa shape index (κ3) is 1.47. The second-order valence-electron chi connectivity index (χ2n) is 3.32. The Morgan fingerprint density at radius 1 is 1.64 bits per heavy atom. The Morgan fingerprint density at radius 3 is 3.09 bits per heavy atom. The molecule has 2 heterocycles. The summed E-state index contributed by atoms with van der Waals surface area (Å²) in [5, 5.41) is 5.67. The van der Waals surface area contributed by atoms with Crippen LogP contribution in [-0.2, 0) is 0 Å². The summed E-state index contributed by atoms with van der Waals surface area (Å²) in [5.41, 5.74) is 0. The quantitative estimate of drug-likeness (QED) is 0.677. The highest BCUT2D eigenvalue weighted by molar-refractivity contribution is 7.10. The van der Waals surface area contributed by atoms with Crippen molar-refractivity contribution in [1.29, 1.82) is 0 Å². The summed E-state index contributed by atoms with van der Waals surface area (Å²) in [6, 6.07) is 5.00. The molecule has 1 saturated heterocycles. The van der Waals surface area contributed by atoms with Crippen LogP contribution in [0.1, 0.15) is 24.3 Å². The Hall–Kier alpha value is -0.340. The lowest BCUT2D eigenvalue weighted by Gasteiger charge is -2.05. The summed E-state index contributed by atoms with van der Waals surface area (Å²) in [5.74, 6) is 0.849. The first-order valence-corrected chi connectivity index (χ1v) is 5.01.